The quantitative estimate of drug-likeness (QED) is 0.238. The fourth-order valence-electron chi connectivity index (χ4n) is 4.75. The molecule has 0 bridgehead atoms. The van der Waals surface area contributed by atoms with E-state index in [0.29, 0.717) is 6.61 Å². The van der Waals surface area contributed by atoms with Crippen LogP contribution in [0.1, 0.15) is 90.7 Å². The van der Waals surface area contributed by atoms with E-state index in [0.717, 1.165) is 12.8 Å². The van der Waals surface area contributed by atoms with Gasteiger partial charge in [-0.15, -0.1) is 0 Å². The van der Waals surface area contributed by atoms with Crippen LogP contribution < -0.4 is 3.58 Å². The molecule has 1 saturated heterocycles. The van der Waals surface area contributed by atoms with E-state index in [9.17, 15) is 4.79 Å². The van der Waals surface area contributed by atoms with Gasteiger partial charge in [-0.2, -0.15) is 0 Å². The van der Waals surface area contributed by atoms with Crippen LogP contribution in [0.2, 0.25) is 13.3 Å². The van der Waals surface area contributed by atoms with E-state index in [1.54, 1.807) is 3.58 Å². The van der Waals surface area contributed by atoms with Gasteiger partial charge < -0.3 is 0 Å². The molecule has 1 aromatic carbocycles. The molecule has 1 aliphatic rings. The molecule has 0 aromatic heterocycles. The zero-order valence-electron chi connectivity index (χ0n) is 19.2. The molecule has 0 aliphatic carbocycles. The zero-order chi connectivity index (χ0) is 21.1. The molecule has 2 unspecified atom stereocenters. The molecule has 2 atom stereocenters. The number of rotatable bonds is 12. The average molecular weight is 509 g/mol. The first-order valence-electron chi connectivity index (χ1n) is 11.9. The molecule has 1 fully saturated rings. The zero-order valence-corrected chi connectivity index (χ0v) is 22.0. The maximum absolute atomic E-state index is 11.3. The number of hydrogen-bond donors (Lipinski definition) is 0. The van der Waals surface area contributed by atoms with E-state index >= 15 is 0 Å². The van der Waals surface area contributed by atoms with Crippen LogP contribution in [0.5, 0.6) is 0 Å². The minimum absolute atomic E-state index is 0.0112. The first-order chi connectivity index (χ1) is 14.0. The van der Waals surface area contributed by atoms with Gasteiger partial charge in [0.1, 0.15) is 0 Å². The predicted molar refractivity (Wildman–Crippen MR) is 124 cm³/mol. The van der Waals surface area contributed by atoms with E-state index in [1.807, 2.05) is 0 Å². The Kier molecular flexibility index (Phi) is 11.1. The van der Waals surface area contributed by atoms with Crippen molar-refractivity contribution in [3.8, 4) is 0 Å². The summed E-state index contributed by atoms with van der Waals surface area (Å²) in [4.78, 5) is 11.3. The predicted octanol–water partition coefficient (Wildman–Crippen LogP) is 6.53. The van der Waals surface area contributed by atoms with E-state index in [1.165, 1.54) is 64.3 Å². The van der Waals surface area contributed by atoms with Crippen molar-refractivity contribution in [3.63, 3.8) is 0 Å². The second kappa shape index (κ2) is 13.0. The monoisotopic (exact) mass is 510 g/mol. The van der Waals surface area contributed by atoms with E-state index < -0.39 is 18.4 Å². The minimum atomic E-state index is -2.36. The summed E-state index contributed by atoms with van der Waals surface area (Å²) in [7, 11) is 0. The Labute approximate surface area is 182 Å². The molecule has 1 aromatic rings. The van der Waals surface area contributed by atoms with Gasteiger partial charge in [0.25, 0.3) is 0 Å². The summed E-state index contributed by atoms with van der Waals surface area (Å²) in [5, 5.41) is 0. The molecule has 0 spiro atoms. The maximum atomic E-state index is 11.3. The summed E-state index contributed by atoms with van der Waals surface area (Å²) in [6.45, 7) is 9.16. The van der Waals surface area contributed by atoms with Crippen LogP contribution in [0, 0.1) is 0 Å². The first kappa shape index (κ1) is 24.7. The third-order valence-electron chi connectivity index (χ3n) is 6.49. The molecule has 3 nitrogen and oxygen atoms in total. The second-order valence-corrected chi connectivity index (χ2v) is 22.1. The van der Waals surface area contributed by atoms with Gasteiger partial charge in [-0.05, 0) is 0 Å². The van der Waals surface area contributed by atoms with Crippen molar-refractivity contribution in [2.75, 3.05) is 6.61 Å². The van der Waals surface area contributed by atoms with Crippen molar-refractivity contribution in [2.45, 2.75) is 105 Å². The van der Waals surface area contributed by atoms with Crippen molar-refractivity contribution in [1.29, 1.82) is 0 Å². The Bertz CT molecular complexity index is 577. The number of benzene rings is 1. The Morgan fingerprint density at radius 1 is 1.00 bits per heavy atom. The van der Waals surface area contributed by atoms with E-state index in [4.69, 9.17) is 9.47 Å². The van der Waals surface area contributed by atoms with Gasteiger partial charge in [0.05, 0.1) is 0 Å². The van der Waals surface area contributed by atoms with Crippen molar-refractivity contribution >= 4 is 27.9 Å². The van der Waals surface area contributed by atoms with Crippen molar-refractivity contribution in [1.82, 2.24) is 0 Å². The first-order valence-corrected chi connectivity index (χ1v) is 19.4. The summed E-state index contributed by atoms with van der Waals surface area (Å²) in [5.41, 5.74) is 1.24. The normalized spacial score (nSPS) is 19.9. The number of carbonyl (C=O) groups is 1. The number of esters is 1. The number of unbranched alkanes of at least 4 members (excludes halogenated alkanes) is 3. The molecule has 0 N–H and O–H groups in total. The molecular weight excluding hydrogens is 467 g/mol. The molecule has 1 aliphatic heterocycles. The SMILES string of the molecule is CCC[CH2][Sn]([CH2]CCC)([CH2]CCC)[c]1ccc(C2CC(OC(C)=O)CCO2)cc1. The Morgan fingerprint density at radius 3 is 2.03 bits per heavy atom. The average Bonchev–Trinajstić information content (AvgIpc) is 2.73. The number of hydrogen-bond acceptors (Lipinski definition) is 3. The molecule has 164 valence electrons. The van der Waals surface area contributed by atoms with Crippen molar-refractivity contribution in [3.05, 3.63) is 29.8 Å². The number of ether oxygens (including phenoxy) is 2. The third-order valence-corrected chi connectivity index (χ3v) is 22.2. The molecule has 0 amide bonds. The Hall–Kier alpha value is -0.551. The topological polar surface area (TPSA) is 35.5 Å². The fourth-order valence-corrected chi connectivity index (χ4v) is 20.7. The van der Waals surface area contributed by atoms with Crippen LogP contribution in [-0.2, 0) is 14.3 Å². The van der Waals surface area contributed by atoms with E-state index in [-0.39, 0.29) is 18.2 Å². The van der Waals surface area contributed by atoms with Crippen molar-refractivity contribution < 1.29 is 14.3 Å². The standard InChI is InChI=1S/C13H15O3.3C4H9.Sn/c1-10(14)16-12-7-8-15-13(9-12)11-5-3-2-4-6-11;3*1-3-4-2;/h3-6,12-13H,7-9H2,1H3;3*1,3-4H2,2H3;. The summed E-state index contributed by atoms with van der Waals surface area (Å²) in [6, 6.07) is 9.52. The molecule has 4 heteroatoms. The summed E-state index contributed by atoms with van der Waals surface area (Å²) >= 11 is -2.36. The third kappa shape index (κ3) is 7.57. The van der Waals surface area contributed by atoms with Crippen LogP contribution >= 0.6 is 0 Å². The fraction of sp³-hybridized carbons (Fsp3) is 0.720. The summed E-state index contributed by atoms with van der Waals surface area (Å²) in [5.74, 6) is -0.187. The molecular formula is C25H42O3Sn. The van der Waals surface area contributed by atoms with Gasteiger partial charge in [0.2, 0.25) is 0 Å². The molecule has 1 heterocycles. The molecule has 2 rings (SSSR count). The van der Waals surface area contributed by atoms with Crippen molar-refractivity contribution in [2.24, 2.45) is 0 Å². The number of carbonyl (C=O) groups excluding carboxylic acids is 1. The van der Waals surface area contributed by atoms with Crippen LogP contribution in [-0.4, -0.2) is 37.1 Å². The van der Waals surface area contributed by atoms with Gasteiger partial charge in [-0.1, -0.05) is 0 Å². The van der Waals surface area contributed by atoms with Crippen LogP contribution in [0.15, 0.2) is 24.3 Å². The molecule has 29 heavy (non-hydrogen) atoms. The van der Waals surface area contributed by atoms with Crippen LogP contribution in [0.3, 0.4) is 0 Å². The van der Waals surface area contributed by atoms with Crippen LogP contribution in [0.25, 0.3) is 0 Å². The van der Waals surface area contributed by atoms with Gasteiger partial charge in [-0.25, -0.2) is 0 Å². The van der Waals surface area contributed by atoms with Gasteiger partial charge in [0.15, 0.2) is 0 Å². The van der Waals surface area contributed by atoms with Gasteiger partial charge in [0, 0.05) is 0 Å². The Morgan fingerprint density at radius 2 is 1.55 bits per heavy atom. The van der Waals surface area contributed by atoms with E-state index in [2.05, 4.69) is 45.0 Å². The Balaban J connectivity index is 2.18. The summed E-state index contributed by atoms with van der Waals surface area (Å²) < 4.78 is 17.7. The summed E-state index contributed by atoms with van der Waals surface area (Å²) in [6.07, 6.45) is 9.71. The molecule has 0 saturated carbocycles. The van der Waals surface area contributed by atoms with Gasteiger partial charge >= 0.3 is 183 Å². The second-order valence-electron chi connectivity index (χ2n) is 8.83. The van der Waals surface area contributed by atoms with Gasteiger partial charge in [-0.3, -0.25) is 0 Å². The van der Waals surface area contributed by atoms with Crippen LogP contribution in [0.4, 0.5) is 0 Å². The molecule has 0 radical (unpaired) electrons.